The summed E-state index contributed by atoms with van der Waals surface area (Å²) in [7, 11) is 0. The molecule has 15 heavy (non-hydrogen) atoms. The number of halogens is 1. The third kappa shape index (κ3) is 1.83. The third-order valence-corrected chi connectivity index (χ3v) is 3.53. The minimum Gasteiger partial charge on any atom is -0.391 e. The van der Waals surface area contributed by atoms with Crippen LogP contribution in [0.4, 0.5) is 0 Å². The Morgan fingerprint density at radius 1 is 1.40 bits per heavy atom. The minimum absolute atomic E-state index is 0.263. The smallest absolute Gasteiger partial charge is 0.0803 e. The van der Waals surface area contributed by atoms with Crippen LogP contribution in [0.2, 0.25) is 0 Å². The van der Waals surface area contributed by atoms with Gasteiger partial charge in [-0.1, -0.05) is 28.1 Å². The van der Waals surface area contributed by atoms with Crippen molar-refractivity contribution in [1.29, 1.82) is 0 Å². The Kier molecular flexibility index (Phi) is 3.11. The van der Waals surface area contributed by atoms with Crippen molar-refractivity contribution in [3.63, 3.8) is 0 Å². The zero-order chi connectivity index (χ0) is 10.9. The van der Waals surface area contributed by atoms with Gasteiger partial charge in [-0.25, -0.2) is 0 Å². The van der Waals surface area contributed by atoms with Crippen molar-refractivity contribution in [2.45, 2.75) is 11.5 Å². The fraction of sp³-hybridized carbons (Fsp3) is 0.455. The quantitative estimate of drug-likeness (QED) is 0.864. The van der Waals surface area contributed by atoms with Gasteiger partial charge in [0.05, 0.1) is 24.7 Å². The van der Waals surface area contributed by atoms with Crippen LogP contribution in [0.3, 0.4) is 0 Å². The summed E-state index contributed by atoms with van der Waals surface area (Å²) in [6.07, 6.45) is -0.535. The van der Waals surface area contributed by atoms with Gasteiger partial charge in [0.25, 0.3) is 0 Å². The highest BCUT2D eigenvalue weighted by molar-refractivity contribution is 9.10. The Hall–Kier alpha value is -0.420. The van der Waals surface area contributed by atoms with E-state index in [1.54, 1.807) is 0 Å². The van der Waals surface area contributed by atoms with E-state index in [1.807, 2.05) is 24.3 Å². The van der Waals surface area contributed by atoms with Gasteiger partial charge < -0.3 is 15.6 Å². The maximum atomic E-state index is 9.93. The van der Waals surface area contributed by atoms with Gasteiger partial charge in [0.15, 0.2) is 0 Å². The molecule has 1 aliphatic heterocycles. The molecule has 0 spiro atoms. The molecule has 0 radical (unpaired) electrons. The van der Waals surface area contributed by atoms with Gasteiger partial charge in [-0.15, -0.1) is 0 Å². The monoisotopic (exact) mass is 271 g/mol. The summed E-state index contributed by atoms with van der Waals surface area (Å²) < 4.78 is 6.25. The van der Waals surface area contributed by atoms with Crippen LogP contribution < -0.4 is 5.73 Å². The number of nitrogens with two attached hydrogens (primary N) is 1. The number of hydrogen-bond acceptors (Lipinski definition) is 3. The third-order valence-electron chi connectivity index (χ3n) is 3.00. The van der Waals surface area contributed by atoms with E-state index < -0.39 is 6.10 Å². The molecule has 1 heterocycles. The number of rotatable bonds is 3. The van der Waals surface area contributed by atoms with Crippen molar-refractivity contribution in [2.24, 2.45) is 5.73 Å². The van der Waals surface area contributed by atoms with Crippen molar-refractivity contribution in [3.8, 4) is 0 Å². The first-order valence-electron chi connectivity index (χ1n) is 4.91. The molecule has 4 heteroatoms. The Labute approximate surface area is 97.4 Å². The predicted octanol–water partition coefficient (Wildman–Crippen LogP) is 1.04. The summed E-state index contributed by atoms with van der Waals surface area (Å²) >= 11 is 3.39. The molecule has 1 fully saturated rings. The van der Waals surface area contributed by atoms with Crippen molar-refractivity contribution in [2.75, 3.05) is 19.8 Å². The summed E-state index contributed by atoms with van der Waals surface area (Å²) in [4.78, 5) is 0. The lowest BCUT2D eigenvalue weighted by Gasteiger charge is -2.45. The van der Waals surface area contributed by atoms with E-state index >= 15 is 0 Å². The zero-order valence-corrected chi connectivity index (χ0v) is 9.90. The Morgan fingerprint density at radius 2 is 2.00 bits per heavy atom. The first kappa shape index (κ1) is 11.1. The second kappa shape index (κ2) is 4.22. The fourth-order valence-electron chi connectivity index (χ4n) is 1.88. The average molecular weight is 272 g/mol. The van der Waals surface area contributed by atoms with E-state index in [2.05, 4.69) is 15.9 Å². The highest BCUT2D eigenvalue weighted by Crippen LogP contribution is 2.36. The molecular formula is C11H14BrNO2. The van der Waals surface area contributed by atoms with Crippen LogP contribution in [0, 0.1) is 0 Å². The Balaban J connectivity index is 2.30. The summed E-state index contributed by atoms with van der Waals surface area (Å²) in [5, 5.41) is 9.93. The normalized spacial score (nSPS) is 20.7. The lowest BCUT2D eigenvalue weighted by Crippen LogP contribution is -2.57. The summed E-state index contributed by atoms with van der Waals surface area (Å²) in [6, 6.07) is 7.95. The maximum absolute atomic E-state index is 9.93. The number of hydrogen-bond donors (Lipinski definition) is 2. The second-order valence-electron chi connectivity index (χ2n) is 3.91. The van der Waals surface area contributed by atoms with E-state index in [9.17, 15) is 5.11 Å². The lowest BCUT2D eigenvalue weighted by atomic mass is 9.74. The van der Waals surface area contributed by atoms with Crippen molar-refractivity contribution in [3.05, 3.63) is 34.3 Å². The molecular weight excluding hydrogens is 258 g/mol. The van der Waals surface area contributed by atoms with Crippen molar-refractivity contribution < 1.29 is 9.84 Å². The van der Waals surface area contributed by atoms with Crippen LogP contribution in [0.5, 0.6) is 0 Å². The van der Waals surface area contributed by atoms with Gasteiger partial charge in [-0.2, -0.15) is 0 Å². The number of benzene rings is 1. The molecule has 0 aliphatic carbocycles. The predicted molar refractivity (Wildman–Crippen MR) is 61.7 cm³/mol. The highest BCUT2D eigenvalue weighted by atomic mass is 79.9. The average Bonchev–Trinajstić information content (AvgIpc) is 2.19. The van der Waals surface area contributed by atoms with Crippen LogP contribution in [0.15, 0.2) is 28.7 Å². The largest absolute Gasteiger partial charge is 0.391 e. The molecule has 1 atom stereocenters. The molecule has 0 amide bonds. The van der Waals surface area contributed by atoms with Crippen LogP contribution in [-0.4, -0.2) is 31.0 Å². The van der Waals surface area contributed by atoms with Crippen LogP contribution in [0.1, 0.15) is 5.56 Å². The molecule has 2 rings (SSSR count). The van der Waals surface area contributed by atoms with E-state index in [4.69, 9.17) is 10.5 Å². The molecule has 0 aromatic heterocycles. The molecule has 82 valence electrons. The molecule has 0 bridgehead atoms. The van der Waals surface area contributed by atoms with Gasteiger partial charge in [0.1, 0.15) is 0 Å². The van der Waals surface area contributed by atoms with E-state index in [-0.39, 0.29) is 12.0 Å². The standard InChI is InChI=1S/C11H14BrNO2/c12-9-3-1-8(2-4-9)11(6-15-7-11)10(14)5-13/h1-4,10,14H,5-7,13H2. The van der Waals surface area contributed by atoms with Crippen LogP contribution >= 0.6 is 15.9 Å². The van der Waals surface area contributed by atoms with E-state index in [0.717, 1.165) is 10.0 Å². The first-order chi connectivity index (χ1) is 7.19. The van der Waals surface area contributed by atoms with Crippen LogP contribution in [0.25, 0.3) is 0 Å². The summed E-state index contributed by atoms with van der Waals surface area (Å²) in [5.41, 5.74) is 6.32. The fourth-order valence-corrected chi connectivity index (χ4v) is 2.15. The summed E-state index contributed by atoms with van der Waals surface area (Å²) in [6.45, 7) is 1.36. The minimum atomic E-state index is -0.535. The lowest BCUT2D eigenvalue weighted by molar-refractivity contribution is -0.116. The zero-order valence-electron chi connectivity index (χ0n) is 8.32. The van der Waals surface area contributed by atoms with Crippen LogP contribution in [-0.2, 0) is 10.2 Å². The van der Waals surface area contributed by atoms with Gasteiger partial charge in [0, 0.05) is 11.0 Å². The van der Waals surface area contributed by atoms with Gasteiger partial charge in [0.2, 0.25) is 0 Å². The number of aliphatic hydroxyl groups excluding tert-OH is 1. The Morgan fingerprint density at radius 3 is 2.40 bits per heavy atom. The van der Waals surface area contributed by atoms with E-state index in [0.29, 0.717) is 13.2 Å². The van der Waals surface area contributed by atoms with Crippen molar-refractivity contribution in [1.82, 2.24) is 0 Å². The molecule has 3 N–H and O–H groups in total. The van der Waals surface area contributed by atoms with Gasteiger partial charge in [-0.3, -0.25) is 0 Å². The highest BCUT2D eigenvalue weighted by Gasteiger charge is 2.45. The Bertz CT molecular complexity index is 335. The van der Waals surface area contributed by atoms with Gasteiger partial charge >= 0.3 is 0 Å². The first-order valence-corrected chi connectivity index (χ1v) is 5.70. The second-order valence-corrected chi connectivity index (χ2v) is 4.82. The summed E-state index contributed by atoms with van der Waals surface area (Å²) in [5.74, 6) is 0. The SMILES string of the molecule is NCC(O)C1(c2ccc(Br)cc2)COC1. The van der Waals surface area contributed by atoms with Crippen molar-refractivity contribution >= 4 is 15.9 Å². The van der Waals surface area contributed by atoms with E-state index in [1.165, 1.54) is 0 Å². The topological polar surface area (TPSA) is 55.5 Å². The molecule has 3 nitrogen and oxygen atoms in total. The molecule has 1 aromatic rings. The molecule has 1 aliphatic rings. The molecule has 1 aromatic carbocycles. The maximum Gasteiger partial charge on any atom is 0.0803 e. The molecule has 1 saturated heterocycles. The number of ether oxygens (including phenoxy) is 1. The molecule has 0 saturated carbocycles. The van der Waals surface area contributed by atoms with Gasteiger partial charge in [-0.05, 0) is 17.7 Å². The number of aliphatic hydroxyl groups is 1. The molecule has 1 unspecified atom stereocenters.